The fourth-order valence-electron chi connectivity index (χ4n) is 1.77. The van der Waals surface area contributed by atoms with Gasteiger partial charge in [0.15, 0.2) is 5.65 Å². The minimum absolute atomic E-state index is 0.618. The lowest BCUT2D eigenvalue weighted by Crippen LogP contribution is -1.83. The van der Waals surface area contributed by atoms with Crippen molar-refractivity contribution < 1.29 is 4.74 Å². The van der Waals surface area contributed by atoms with Crippen molar-refractivity contribution in [3.63, 3.8) is 0 Å². The zero-order valence-electron chi connectivity index (χ0n) is 9.64. The Morgan fingerprint density at radius 3 is 2.61 bits per heavy atom. The van der Waals surface area contributed by atoms with E-state index in [0.29, 0.717) is 10.7 Å². The van der Waals surface area contributed by atoms with Crippen LogP contribution in [0.25, 0.3) is 22.6 Å². The summed E-state index contributed by atoms with van der Waals surface area (Å²) in [5.41, 5.74) is 2.34. The number of halogens is 1. The second-order valence-corrected chi connectivity index (χ2v) is 4.21. The first kappa shape index (κ1) is 11.0. The normalized spacial score (nSPS) is 10.8. The number of H-pyrrole nitrogens is 1. The molecule has 0 saturated carbocycles. The fraction of sp³-hybridized carbons (Fsp3) is 0.0769. The van der Waals surface area contributed by atoms with Gasteiger partial charge in [-0.15, -0.1) is 0 Å². The number of rotatable bonds is 2. The molecule has 0 fully saturated rings. The largest absolute Gasteiger partial charge is 0.497 e. The Hall–Kier alpha value is -2.07. The van der Waals surface area contributed by atoms with Crippen LogP contribution >= 0.6 is 11.6 Å². The van der Waals surface area contributed by atoms with Gasteiger partial charge in [-0.25, -0.2) is 9.97 Å². The Morgan fingerprint density at radius 2 is 1.94 bits per heavy atom. The summed E-state index contributed by atoms with van der Waals surface area (Å²) in [4.78, 5) is 11.7. The molecule has 3 rings (SSSR count). The molecular formula is C13H10ClN3O. The van der Waals surface area contributed by atoms with E-state index >= 15 is 0 Å². The van der Waals surface area contributed by atoms with Gasteiger partial charge in [0, 0.05) is 11.8 Å². The van der Waals surface area contributed by atoms with E-state index in [1.54, 1.807) is 19.4 Å². The van der Waals surface area contributed by atoms with Crippen LogP contribution in [0.4, 0.5) is 0 Å². The van der Waals surface area contributed by atoms with Crippen molar-refractivity contribution in [2.24, 2.45) is 0 Å². The molecule has 90 valence electrons. The number of benzene rings is 1. The average Bonchev–Trinajstić information content (AvgIpc) is 2.84. The van der Waals surface area contributed by atoms with Gasteiger partial charge in [-0.1, -0.05) is 11.6 Å². The number of nitrogens with one attached hydrogen (secondary N) is 1. The van der Waals surface area contributed by atoms with E-state index in [-0.39, 0.29) is 0 Å². The Kier molecular flexibility index (Phi) is 2.64. The highest BCUT2D eigenvalue weighted by Crippen LogP contribution is 2.25. The highest BCUT2D eigenvalue weighted by molar-refractivity contribution is 6.34. The SMILES string of the molecule is COc1ccc(-c2nc3nccc(Cl)c3[nH]2)cc1. The van der Waals surface area contributed by atoms with Gasteiger partial charge in [-0.2, -0.15) is 0 Å². The molecule has 0 atom stereocenters. The van der Waals surface area contributed by atoms with Crippen LogP contribution in [0.5, 0.6) is 5.75 Å². The molecule has 0 aliphatic rings. The Bertz CT molecular complexity index is 691. The van der Waals surface area contributed by atoms with E-state index in [2.05, 4.69) is 15.0 Å². The molecule has 0 radical (unpaired) electrons. The molecule has 0 aliphatic carbocycles. The van der Waals surface area contributed by atoms with Gasteiger partial charge >= 0.3 is 0 Å². The minimum atomic E-state index is 0.618. The Balaban J connectivity index is 2.10. The molecule has 0 aliphatic heterocycles. The second kappa shape index (κ2) is 4.31. The van der Waals surface area contributed by atoms with E-state index in [4.69, 9.17) is 16.3 Å². The molecule has 2 heterocycles. The zero-order chi connectivity index (χ0) is 12.5. The van der Waals surface area contributed by atoms with Crippen molar-refractivity contribution in [1.82, 2.24) is 15.0 Å². The third-order valence-corrected chi connectivity index (χ3v) is 3.02. The first-order valence-corrected chi connectivity index (χ1v) is 5.80. The number of ether oxygens (including phenoxy) is 1. The average molecular weight is 260 g/mol. The van der Waals surface area contributed by atoms with E-state index in [0.717, 1.165) is 22.7 Å². The van der Waals surface area contributed by atoms with Gasteiger partial charge < -0.3 is 9.72 Å². The van der Waals surface area contributed by atoms with Crippen LogP contribution in [0.1, 0.15) is 0 Å². The third-order valence-electron chi connectivity index (χ3n) is 2.70. The van der Waals surface area contributed by atoms with Gasteiger partial charge in [-0.3, -0.25) is 0 Å². The van der Waals surface area contributed by atoms with Crippen molar-refractivity contribution in [2.45, 2.75) is 0 Å². The van der Waals surface area contributed by atoms with Crippen molar-refractivity contribution in [1.29, 1.82) is 0 Å². The summed E-state index contributed by atoms with van der Waals surface area (Å²) in [6.07, 6.45) is 1.64. The second-order valence-electron chi connectivity index (χ2n) is 3.81. The van der Waals surface area contributed by atoms with E-state index in [1.807, 2.05) is 24.3 Å². The number of hydrogen-bond donors (Lipinski definition) is 1. The molecule has 18 heavy (non-hydrogen) atoms. The summed E-state index contributed by atoms with van der Waals surface area (Å²) in [6.45, 7) is 0. The van der Waals surface area contributed by atoms with E-state index < -0.39 is 0 Å². The molecule has 1 N–H and O–H groups in total. The predicted molar refractivity (Wildman–Crippen MR) is 70.9 cm³/mol. The van der Waals surface area contributed by atoms with Gasteiger partial charge in [0.2, 0.25) is 0 Å². The maximum absolute atomic E-state index is 6.07. The quantitative estimate of drug-likeness (QED) is 0.768. The summed E-state index contributed by atoms with van der Waals surface area (Å²) in [5.74, 6) is 1.55. The topological polar surface area (TPSA) is 50.8 Å². The standard InChI is InChI=1S/C13H10ClN3O/c1-18-9-4-2-8(3-5-9)12-16-11-10(14)6-7-15-13(11)17-12/h2-7H,1H3,(H,15,16,17). The van der Waals surface area contributed by atoms with Crippen LogP contribution in [-0.2, 0) is 0 Å². The van der Waals surface area contributed by atoms with Gasteiger partial charge in [0.1, 0.15) is 17.1 Å². The summed E-state index contributed by atoms with van der Waals surface area (Å²) in [6, 6.07) is 9.38. The van der Waals surface area contributed by atoms with Crippen molar-refractivity contribution in [2.75, 3.05) is 7.11 Å². The number of aromatic nitrogens is 3. The molecule has 1 aromatic carbocycles. The highest BCUT2D eigenvalue weighted by Gasteiger charge is 2.08. The summed E-state index contributed by atoms with van der Waals surface area (Å²) in [5, 5.41) is 0.618. The first-order valence-electron chi connectivity index (χ1n) is 5.42. The van der Waals surface area contributed by atoms with Gasteiger partial charge in [0.25, 0.3) is 0 Å². The molecular weight excluding hydrogens is 250 g/mol. The number of hydrogen-bond acceptors (Lipinski definition) is 3. The number of pyridine rings is 1. The molecule has 0 spiro atoms. The van der Waals surface area contributed by atoms with E-state index in [1.165, 1.54) is 0 Å². The van der Waals surface area contributed by atoms with Crippen LogP contribution in [0.2, 0.25) is 5.02 Å². The molecule has 5 heteroatoms. The maximum Gasteiger partial charge on any atom is 0.179 e. The lowest BCUT2D eigenvalue weighted by Gasteiger charge is -2.00. The van der Waals surface area contributed by atoms with Crippen LogP contribution < -0.4 is 4.74 Å². The van der Waals surface area contributed by atoms with Crippen LogP contribution in [0.3, 0.4) is 0 Å². The zero-order valence-corrected chi connectivity index (χ0v) is 10.4. The fourth-order valence-corrected chi connectivity index (χ4v) is 1.95. The molecule has 4 nitrogen and oxygen atoms in total. The molecule has 3 aromatic rings. The van der Waals surface area contributed by atoms with Crippen LogP contribution in [0.15, 0.2) is 36.5 Å². The number of aromatic amines is 1. The first-order chi connectivity index (χ1) is 8.78. The summed E-state index contributed by atoms with van der Waals surface area (Å²) < 4.78 is 5.12. The summed E-state index contributed by atoms with van der Waals surface area (Å²) >= 11 is 6.07. The predicted octanol–water partition coefficient (Wildman–Crippen LogP) is 3.29. The van der Waals surface area contributed by atoms with Crippen molar-refractivity contribution in [3.8, 4) is 17.1 Å². The van der Waals surface area contributed by atoms with Gasteiger partial charge in [-0.05, 0) is 30.3 Å². The monoisotopic (exact) mass is 259 g/mol. The third kappa shape index (κ3) is 1.80. The molecule has 0 unspecified atom stereocenters. The lowest BCUT2D eigenvalue weighted by molar-refractivity contribution is 0.415. The van der Waals surface area contributed by atoms with E-state index in [9.17, 15) is 0 Å². The van der Waals surface area contributed by atoms with Crippen molar-refractivity contribution >= 4 is 22.8 Å². The number of fused-ring (bicyclic) bond motifs is 1. The smallest absolute Gasteiger partial charge is 0.179 e. The van der Waals surface area contributed by atoms with Crippen LogP contribution in [-0.4, -0.2) is 22.1 Å². The molecule has 0 amide bonds. The van der Waals surface area contributed by atoms with Crippen molar-refractivity contribution in [3.05, 3.63) is 41.6 Å². The number of methoxy groups -OCH3 is 1. The molecule has 0 saturated heterocycles. The maximum atomic E-state index is 6.07. The summed E-state index contributed by atoms with van der Waals surface area (Å²) in [7, 11) is 1.64. The minimum Gasteiger partial charge on any atom is -0.497 e. The molecule has 0 bridgehead atoms. The number of imidazole rings is 1. The van der Waals surface area contributed by atoms with Gasteiger partial charge in [0.05, 0.1) is 12.1 Å². The number of nitrogens with zero attached hydrogens (tertiary/aromatic N) is 2. The Labute approximate surface area is 109 Å². The Morgan fingerprint density at radius 1 is 1.17 bits per heavy atom. The highest BCUT2D eigenvalue weighted by atomic mass is 35.5. The van der Waals surface area contributed by atoms with Crippen LogP contribution in [0, 0.1) is 0 Å². The lowest BCUT2D eigenvalue weighted by atomic mass is 10.2. The molecule has 2 aromatic heterocycles.